The molecule has 0 atom stereocenters. The molecule has 0 amide bonds. The van der Waals surface area contributed by atoms with Gasteiger partial charge in [-0.2, -0.15) is 0 Å². The van der Waals surface area contributed by atoms with Crippen LogP contribution in [0.15, 0.2) is 128 Å². The van der Waals surface area contributed by atoms with Crippen LogP contribution in [-0.2, 0) is 0 Å². The van der Waals surface area contributed by atoms with E-state index in [2.05, 4.69) is 120 Å². The largest absolute Gasteiger partial charge is 0.299 e. The van der Waals surface area contributed by atoms with E-state index in [0.29, 0.717) is 0 Å². The maximum absolute atomic E-state index is 5.03. The molecule has 0 aliphatic rings. The maximum atomic E-state index is 5.03. The van der Waals surface area contributed by atoms with Gasteiger partial charge in [0.15, 0.2) is 0 Å². The Labute approximate surface area is 223 Å². The van der Waals surface area contributed by atoms with Crippen molar-refractivity contribution in [2.75, 3.05) is 0 Å². The summed E-state index contributed by atoms with van der Waals surface area (Å²) in [5.41, 5.74) is 10.0. The molecular formula is C34H21N3S. The van der Waals surface area contributed by atoms with Gasteiger partial charge in [-0.15, -0.1) is 11.3 Å². The Hall–Kier alpha value is -4.80. The number of hydrogen-bond donors (Lipinski definition) is 0. The van der Waals surface area contributed by atoms with Crippen LogP contribution in [-0.4, -0.2) is 14.4 Å². The molecule has 5 aromatic carbocycles. The minimum Gasteiger partial charge on any atom is -0.299 e. The van der Waals surface area contributed by atoms with Gasteiger partial charge in [0, 0.05) is 22.7 Å². The molecule has 0 saturated heterocycles. The van der Waals surface area contributed by atoms with Crippen molar-refractivity contribution in [1.29, 1.82) is 0 Å². The molecule has 8 rings (SSSR count). The number of pyridine rings is 1. The molecule has 0 aliphatic heterocycles. The van der Waals surface area contributed by atoms with Gasteiger partial charge in [-0.05, 0) is 64.5 Å². The smallest absolute Gasteiger partial charge is 0.137 e. The first-order valence-corrected chi connectivity index (χ1v) is 13.5. The van der Waals surface area contributed by atoms with Gasteiger partial charge in [0.1, 0.15) is 10.7 Å². The van der Waals surface area contributed by atoms with Gasteiger partial charge in [-0.1, -0.05) is 78.9 Å². The second-order valence-corrected chi connectivity index (χ2v) is 10.6. The van der Waals surface area contributed by atoms with Crippen molar-refractivity contribution in [3.8, 4) is 32.8 Å². The second-order valence-electron chi connectivity index (χ2n) is 9.53. The zero-order valence-electron chi connectivity index (χ0n) is 20.4. The van der Waals surface area contributed by atoms with E-state index in [1.165, 1.54) is 37.7 Å². The van der Waals surface area contributed by atoms with Crippen molar-refractivity contribution in [2.24, 2.45) is 0 Å². The highest BCUT2D eigenvalue weighted by atomic mass is 32.1. The van der Waals surface area contributed by atoms with Gasteiger partial charge >= 0.3 is 0 Å². The van der Waals surface area contributed by atoms with E-state index in [9.17, 15) is 0 Å². The van der Waals surface area contributed by atoms with Gasteiger partial charge in [0.05, 0.1) is 21.3 Å². The Morgan fingerprint density at radius 3 is 2.21 bits per heavy atom. The summed E-state index contributed by atoms with van der Waals surface area (Å²) in [6.07, 6.45) is 2.11. The van der Waals surface area contributed by atoms with Crippen LogP contribution in [0.1, 0.15) is 0 Å². The second kappa shape index (κ2) is 8.37. The summed E-state index contributed by atoms with van der Waals surface area (Å²) in [4.78, 5) is 9.91. The number of rotatable bonds is 3. The van der Waals surface area contributed by atoms with E-state index in [1.807, 2.05) is 12.1 Å². The summed E-state index contributed by atoms with van der Waals surface area (Å²) in [6, 6.07) is 42.9. The Kier molecular flexibility index (Phi) is 4.69. The molecule has 4 heteroatoms. The lowest BCUT2D eigenvalue weighted by Crippen LogP contribution is -1.89. The van der Waals surface area contributed by atoms with E-state index in [1.54, 1.807) is 11.3 Å². The Bertz CT molecular complexity index is 2120. The quantitative estimate of drug-likeness (QED) is 0.240. The zero-order chi connectivity index (χ0) is 25.1. The Balaban J connectivity index is 1.31. The molecule has 178 valence electrons. The third kappa shape index (κ3) is 3.35. The lowest BCUT2D eigenvalue weighted by molar-refractivity contribution is 1.23. The van der Waals surface area contributed by atoms with Crippen LogP contribution in [0.3, 0.4) is 0 Å². The number of benzene rings is 5. The highest BCUT2D eigenvalue weighted by molar-refractivity contribution is 7.21. The summed E-state index contributed by atoms with van der Waals surface area (Å²) < 4.78 is 3.42. The molecule has 8 aromatic rings. The van der Waals surface area contributed by atoms with E-state index in [-0.39, 0.29) is 0 Å². The molecule has 0 fully saturated rings. The van der Waals surface area contributed by atoms with E-state index in [0.717, 1.165) is 32.8 Å². The summed E-state index contributed by atoms with van der Waals surface area (Å²) in [5.74, 6) is 0. The van der Waals surface area contributed by atoms with E-state index in [4.69, 9.17) is 9.97 Å². The van der Waals surface area contributed by atoms with Crippen molar-refractivity contribution >= 4 is 49.0 Å². The van der Waals surface area contributed by atoms with Crippen molar-refractivity contribution in [2.45, 2.75) is 0 Å². The molecule has 38 heavy (non-hydrogen) atoms. The number of hydrogen-bond acceptors (Lipinski definition) is 3. The monoisotopic (exact) mass is 503 g/mol. The number of imidazole rings is 1. The molecule has 0 spiro atoms. The zero-order valence-corrected chi connectivity index (χ0v) is 21.2. The summed E-state index contributed by atoms with van der Waals surface area (Å²) >= 11 is 1.74. The predicted octanol–water partition coefficient (Wildman–Crippen LogP) is 9.25. The van der Waals surface area contributed by atoms with Crippen LogP contribution in [0.5, 0.6) is 0 Å². The molecule has 0 aliphatic carbocycles. The molecule has 0 unspecified atom stereocenters. The van der Waals surface area contributed by atoms with Crippen molar-refractivity contribution in [1.82, 2.24) is 14.4 Å². The number of para-hydroxylation sites is 1. The lowest BCUT2D eigenvalue weighted by atomic mass is 9.95. The number of nitrogens with zero attached hydrogens (tertiary/aromatic N) is 3. The molecule has 3 aromatic heterocycles. The highest BCUT2D eigenvalue weighted by Crippen LogP contribution is 2.38. The standard InChI is InChI=1S/C34H21N3S/c1-2-14-27-25(9-1)21-28(33-32(27)36-31-17-5-6-18-37(31)33)24-12-7-10-22(19-24)23-11-8-13-26(20-23)34-35-29-15-3-4-16-30(29)38-34/h1-21H. The average Bonchev–Trinajstić information content (AvgIpc) is 3.59. The third-order valence-corrected chi connectivity index (χ3v) is 8.30. The van der Waals surface area contributed by atoms with Crippen LogP contribution in [0.2, 0.25) is 0 Å². The van der Waals surface area contributed by atoms with Crippen LogP contribution in [0.25, 0.3) is 70.5 Å². The summed E-state index contributed by atoms with van der Waals surface area (Å²) in [6.45, 7) is 0. The van der Waals surface area contributed by atoms with E-state index < -0.39 is 0 Å². The predicted molar refractivity (Wildman–Crippen MR) is 160 cm³/mol. The fourth-order valence-corrected chi connectivity index (χ4v) is 6.38. The van der Waals surface area contributed by atoms with Crippen molar-refractivity contribution in [3.05, 3.63) is 128 Å². The van der Waals surface area contributed by atoms with E-state index >= 15 is 0 Å². The van der Waals surface area contributed by atoms with Gasteiger partial charge in [0.2, 0.25) is 0 Å². The van der Waals surface area contributed by atoms with Gasteiger partial charge in [-0.25, -0.2) is 9.97 Å². The normalized spacial score (nSPS) is 11.7. The minimum absolute atomic E-state index is 0.958. The first-order valence-electron chi connectivity index (χ1n) is 12.7. The lowest BCUT2D eigenvalue weighted by Gasteiger charge is -2.11. The number of thiazole rings is 1. The third-order valence-electron chi connectivity index (χ3n) is 7.21. The SMILES string of the molecule is c1cc(-c2cccc(-c3cc4ccccc4c4nc5ccccn5c34)c2)cc(-c2nc3ccccc3s2)c1. The maximum Gasteiger partial charge on any atom is 0.137 e. The molecule has 0 bridgehead atoms. The molecule has 0 radical (unpaired) electrons. The summed E-state index contributed by atoms with van der Waals surface area (Å²) in [5, 5.41) is 3.42. The molecule has 0 N–H and O–H groups in total. The van der Waals surface area contributed by atoms with Crippen molar-refractivity contribution in [3.63, 3.8) is 0 Å². The van der Waals surface area contributed by atoms with Gasteiger partial charge in [-0.3, -0.25) is 4.40 Å². The van der Waals surface area contributed by atoms with Crippen LogP contribution in [0.4, 0.5) is 0 Å². The highest BCUT2D eigenvalue weighted by Gasteiger charge is 2.15. The molecule has 0 saturated carbocycles. The minimum atomic E-state index is 0.958. The summed E-state index contributed by atoms with van der Waals surface area (Å²) in [7, 11) is 0. The van der Waals surface area contributed by atoms with Gasteiger partial charge < -0.3 is 0 Å². The molecule has 3 heterocycles. The molecular weight excluding hydrogens is 482 g/mol. The van der Waals surface area contributed by atoms with Crippen molar-refractivity contribution < 1.29 is 0 Å². The first-order chi connectivity index (χ1) is 18.8. The van der Waals surface area contributed by atoms with Crippen LogP contribution < -0.4 is 0 Å². The number of aromatic nitrogens is 3. The fraction of sp³-hybridized carbons (Fsp3) is 0. The van der Waals surface area contributed by atoms with Crippen LogP contribution in [0, 0.1) is 0 Å². The first kappa shape index (κ1) is 21.3. The Morgan fingerprint density at radius 2 is 1.32 bits per heavy atom. The topological polar surface area (TPSA) is 30.2 Å². The molecule has 3 nitrogen and oxygen atoms in total. The Morgan fingerprint density at radius 1 is 0.579 bits per heavy atom. The number of fused-ring (bicyclic) bond motifs is 6. The van der Waals surface area contributed by atoms with Crippen LogP contribution >= 0.6 is 11.3 Å². The van der Waals surface area contributed by atoms with Gasteiger partial charge in [0.25, 0.3) is 0 Å². The average molecular weight is 504 g/mol. The fourth-order valence-electron chi connectivity index (χ4n) is 5.42.